The molecule has 0 bridgehead atoms. The van der Waals surface area contributed by atoms with Crippen molar-refractivity contribution in [2.45, 2.75) is 83.5 Å². The highest BCUT2D eigenvalue weighted by Crippen LogP contribution is 2.22. The summed E-state index contributed by atoms with van der Waals surface area (Å²) in [6.07, 6.45) is 12.6. The van der Waals surface area contributed by atoms with E-state index in [1.54, 1.807) is 6.07 Å². The first-order valence-corrected chi connectivity index (χ1v) is 11.2. The highest BCUT2D eigenvalue weighted by atomic mass is 16.3. The maximum Gasteiger partial charge on any atom is 0.134 e. The molecule has 2 aromatic rings. The number of aryl methyl sites for hydroxylation is 1. The Hall–Kier alpha value is -2.63. The first-order valence-electron chi connectivity index (χ1n) is 11.2. The summed E-state index contributed by atoms with van der Waals surface area (Å²) in [5.41, 5.74) is 12.4. The SMILES string of the molecule is N=C(N)CCCCCCCCCC(=O)CCCCc1cc2cc(C(=N)N)ccc2o1. The molecule has 0 fully saturated rings. The van der Waals surface area contributed by atoms with E-state index in [-0.39, 0.29) is 11.7 Å². The number of nitrogens with one attached hydrogen (secondary N) is 2. The number of hydrogen-bond acceptors (Lipinski definition) is 4. The molecular formula is C24H36N4O2. The number of ketones is 1. The van der Waals surface area contributed by atoms with Crippen LogP contribution in [0.1, 0.15) is 88.4 Å². The standard InChI is InChI=1S/C24H36N4O2/c25-23(26)13-7-5-3-1-2-4-6-10-20(29)11-8-9-12-21-17-19-16-18(24(27)28)14-15-22(19)30-21/h14-17H,1-13H2,(H3,25,26)(H3,27,28). The van der Waals surface area contributed by atoms with Gasteiger partial charge < -0.3 is 15.9 Å². The largest absolute Gasteiger partial charge is 0.461 e. The fourth-order valence-electron chi connectivity index (χ4n) is 3.66. The van der Waals surface area contributed by atoms with E-state index >= 15 is 0 Å². The van der Waals surface area contributed by atoms with Crippen LogP contribution in [0.15, 0.2) is 28.7 Å². The van der Waals surface area contributed by atoms with E-state index in [2.05, 4.69) is 0 Å². The number of nitrogens with two attached hydrogens (primary N) is 2. The molecule has 0 spiro atoms. The summed E-state index contributed by atoms with van der Waals surface area (Å²) < 4.78 is 5.84. The van der Waals surface area contributed by atoms with Crippen molar-refractivity contribution in [2.75, 3.05) is 0 Å². The Kier molecular flexibility index (Phi) is 10.1. The fourth-order valence-corrected chi connectivity index (χ4v) is 3.66. The van der Waals surface area contributed by atoms with Crippen molar-refractivity contribution in [3.05, 3.63) is 35.6 Å². The zero-order valence-electron chi connectivity index (χ0n) is 18.0. The summed E-state index contributed by atoms with van der Waals surface area (Å²) in [7, 11) is 0. The van der Waals surface area contributed by atoms with Gasteiger partial charge in [-0.05, 0) is 49.9 Å². The van der Waals surface area contributed by atoms with Crippen LogP contribution in [-0.4, -0.2) is 17.5 Å². The van der Waals surface area contributed by atoms with Gasteiger partial charge in [-0.3, -0.25) is 15.6 Å². The maximum atomic E-state index is 12.0. The second kappa shape index (κ2) is 12.8. The first kappa shape index (κ1) is 23.6. The Labute approximate surface area is 179 Å². The van der Waals surface area contributed by atoms with Gasteiger partial charge >= 0.3 is 0 Å². The minimum Gasteiger partial charge on any atom is -0.461 e. The Balaban J connectivity index is 1.51. The van der Waals surface area contributed by atoms with Crippen molar-refractivity contribution in [2.24, 2.45) is 11.5 Å². The average molecular weight is 413 g/mol. The molecule has 30 heavy (non-hydrogen) atoms. The number of hydrogen-bond donors (Lipinski definition) is 4. The van der Waals surface area contributed by atoms with E-state index in [0.29, 0.717) is 30.6 Å². The first-order chi connectivity index (χ1) is 14.5. The van der Waals surface area contributed by atoms with Crippen molar-refractivity contribution in [1.82, 2.24) is 0 Å². The predicted molar refractivity (Wildman–Crippen MR) is 123 cm³/mol. The van der Waals surface area contributed by atoms with E-state index in [9.17, 15) is 4.79 Å². The lowest BCUT2D eigenvalue weighted by atomic mass is 10.0. The Morgan fingerprint density at radius 2 is 1.40 bits per heavy atom. The molecule has 0 aliphatic heterocycles. The molecule has 1 heterocycles. The number of Topliss-reactive ketones (excluding diaryl/α,β-unsaturated/α-hetero) is 1. The molecule has 0 amide bonds. The molecule has 6 N–H and O–H groups in total. The summed E-state index contributed by atoms with van der Waals surface area (Å²) in [4.78, 5) is 12.0. The normalized spacial score (nSPS) is 11.1. The number of carbonyl (C=O) groups excluding carboxylic acids is 1. The number of rotatable bonds is 16. The van der Waals surface area contributed by atoms with Gasteiger partial charge in [-0.2, -0.15) is 0 Å². The summed E-state index contributed by atoms with van der Waals surface area (Å²) in [6, 6.07) is 7.53. The van der Waals surface area contributed by atoms with Crippen LogP contribution in [0.5, 0.6) is 0 Å². The minimum absolute atomic E-state index is 0.0582. The molecule has 1 aromatic carbocycles. The summed E-state index contributed by atoms with van der Waals surface area (Å²) >= 11 is 0. The maximum absolute atomic E-state index is 12.0. The lowest BCUT2D eigenvalue weighted by molar-refractivity contribution is -0.119. The van der Waals surface area contributed by atoms with Crippen molar-refractivity contribution >= 4 is 28.4 Å². The third-order valence-electron chi connectivity index (χ3n) is 5.41. The van der Waals surface area contributed by atoms with Crippen LogP contribution < -0.4 is 11.5 Å². The summed E-state index contributed by atoms with van der Waals surface area (Å²) in [6.45, 7) is 0. The lowest BCUT2D eigenvalue weighted by Crippen LogP contribution is -2.10. The molecule has 0 aliphatic rings. The van der Waals surface area contributed by atoms with E-state index < -0.39 is 0 Å². The third-order valence-corrected chi connectivity index (χ3v) is 5.41. The Morgan fingerprint density at radius 1 is 0.800 bits per heavy atom. The van der Waals surface area contributed by atoms with Gasteiger partial charge in [-0.15, -0.1) is 0 Å². The molecule has 0 saturated heterocycles. The molecule has 0 unspecified atom stereocenters. The Morgan fingerprint density at radius 3 is 2.03 bits per heavy atom. The van der Waals surface area contributed by atoms with Crippen molar-refractivity contribution < 1.29 is 9.21 Å². The monoisotopic (exact) mass is 412 g/mol. The van der Waals surface area contributed by atoms with Gasteiger partial charge in [0.15, 0.2) is 0 Å². The second-order valence-corrected chi connectivity index (χ2v) is 8.12. The van der Waals surface area contributed by atoms with Crippen LogP contribution in [0.4, 0.5) is 0 Å². The second-order valence-electron chi connectivity index (χ2n) is 8.12. The molecule has 0 atom stereocenters. The van der Waals surface area contributed by atoms with Crippen LogP contribution >= 0.6 is 0 Å². The van der Waals surface area contributed by atoms with E-state index in [0.717, 1.165) is 61.7 Å². The van der Waals surface area contributed by atoms with Crippen LogP contribution in [0.25, 0.3) is 11.0 Å². The molecule has 6 heteroatoms. The fraction of sp³-hybridized carbons (Fsp3) is 0.542. The lowest BCUT2D eigenvalue weighted by Gasteiger charge is -2.03. The Bertz CT molecular complexity index is 841. The number of unbranched alkanes of at least 4 members (excludes halogenated alkanes) is 7. The predicted octanol–water partition coefficient (Wildman–Crippen LogP) is 5.45. The van der Waals surface area contributed by atoms with Gasteiger partial charge in [-0.25, -0.2) is 0 Å². The molecular weight excluding hydrogens is 376 g/mol. The van der Waals surface area contributed by atoms with Crippen molar-refractivity contribution in [1.29, 1.82) is 10.8 Å². The van der Waals surface area contributed by atoms with E-state index in [4.69, 9.17) is 26.7 Å². The van der Waals surface area contributed by atoms with Gasteiger partial charge in [0.2, 0.25) is 0 Å². The van der Waals surface area contributed by atoms with Gasteiger partial charge in [0.05, 0.1) is 5.84 Å². The topological polar surface area (TPSA) is 130 Å². The van der Waals surface area contributed by atoms with Gasteiger partial charge in [0.1, 0.15) is 23.0 Å². The van der Waals surface area contributed by atoms with Gasteiger partial charge in [-0.1, -0.05) is 32.1 Å². The zero-order valence-corrected chi connectivity index (χ0v) is 18.0. The number of amidine groups is 2. The van der Waals surface area contributed by atoms with Crippen molar-refractivity contribution in [3.8, 4) is 0 Å². The van der Waals surface area contributed by atoms with Crippen LogP contribution in [-0.2, 0) is 11.2 Å². The summed E-state index contributed by atoms with van der Waals surface area (Å²) in [5.74, 6) is 1.63. The van der Waals surface area contributed by atoms with Gasteiger partial charge in [0.25, 0.3) is 0 Å². The van der Waals surface area contributed by atoms with Crippen LogP contribution in [0, 0.1) is 10.8 Å². The summed E-state index contributed by atoms with van der Waals surface area (Å²) in [5, 5.41) is 15.7. The van der Waals surface area contributed by atoms with Crippen LogP contribution in [0.2, 0.25) is 0 Å². The van der Waals surface area contributed by atoms with Gasteiger partial charge in [0, 0.05) is 36.6 Å². The number of furan rings is 1. The molecule has 164 valence electrons. The smallest absolute Gasteiger partial charge is 0.134 e. The third kappa shape index (κ3) is 8.80. The molecule has 0 aliphatic carbocycles. The number of fused-ring (bicyclic) bond motifs is 1. The van der Waals surface area contributed by atoms with Crippen molar-refractivity contribution in [3.63, 3.8) is 0 Å². The number of benzene rings is 1. The van der Waals surface area contributed by atoms with E-state index in [1.807, 2.05) is 18.2 Å². The molecule has 6 nitrogen and oxygen atoms in total. The minimum atomic E-state index is 0.0582. The molecule has 2 rings (SSSR count). The number of nitrogen functional groups attached to an aromatic ring is 1. The van der Waals surface area contributed by atoms with E-state index in [1.165, 1.54) is 19.3 Å². The zero-order chi connectivity index (χ0) is 21.8. The molecule has 1 aromatic heterocycles. The highest BCUT2D eigenvalue weighted by molar-refractivity contribution is 5.98. The highest BCUT2D eigenvalue weighted by Gasteiger charge is 2.07. The quantitative estimate of drug-likeness (QED) is 0.166. The average Bonchev–Trinajstić information content (AvgIpc) is 3.11. The van der Waals surface area contributed by atoms with Crippen LogP contribution in [0.3, 0.4) is 0 Å². The molecule has 0 radical (unpaired) electrons. The number of carbonyl (C=O) groups is 1. The molecule has 0 saturated carbocycles.